The van der Waals surface area contributed by atoms with E-state index in [1.54, 1.807) is 0 Å². The van der Waals surface area contributed by atoms with Crippen molar-refractivity contribution < 1.29 is 0 Å². The van der Waals surface area contributed by atoms with Crippen LogP contribution in [0.25, 0.3) is 36.9 Å². The van der Waals surface area contributed by atoms with Gasteiger partial charge in [-0.25, -0.2) is 0 Å². The Morgan fingerprint density at radius 2 is 1.48 bits per heavy atom. The van der Waals surface area contributed by atoms with Crippen LogP contribution in [0.4, 0.5) is 0 Å². The molecule has 0 aliphatic carbocycles. The Morgan fingerprint density at radius 1 is 0.739 bits per heavy atom. The summed E-state index contributed by atoms with van der Waals surface area (Å²) in [4.78, 5) is 1.30. The van der Waals surface area contributed by atoms with Crippen LogP contribution in [-0.4, -0.2) is 4.57 Å². The van der Waals surface area contributed by atoms with Crippen LogP contribution in [0.2, 0.25) is 0 Å². The molecule has 3 aromatic carbocycles. The average molecular weight is 378 g/mol. The molecule has 110 valence electrons. The Balaban J connectivity index is 2.07. The highest BCUT2D eigenvalue weighted by atomic mass is 79.9. The number of hydrogen-bond acceptors (Lipinski definition) is 1. The summed E-state index contributed by atoms with van der Waals surface area (Å²) in [6.45, 7) is 0. The maximum absolute atomic E-state index is 3.71. The lowest BCUT2D eigenvalue weighted by Gasteiger charge is -2.05. The fraction of sp³-hybridized carbons (Fsp3) is 0. The maximum atomic E-state index is 3.71. The second kappa shape index (κ2) is 4.95. The first-order valence-electron chi connectivity index (χ1n) is 7.50. The van der Waals surface area contributed by atoms with Gasteiger partial charge in [-0.05, 0) is 40.2 Å². The number of hydrogen-bond donors (Lipinski definition) is 0. The molecular formula is C20H12BrNS. The minimum atomic E-state index is 1.17. The first kappa shape index (κ1) is 13.3. The molecule has 0 saturated heterocycles. The smallest absolute Gasteiger partial charge is 0.109 e. The number of halogens is 1. The lowest BCUT2D eigenvalue weighted by atomic mass is 10.1. The van der Waals surface area contributed by atoms with Gasteiger partial charge in [0, 0.05) is 26.3 Å². The second-order valence-electron chi connectivity index (χ2n) is 5.59. The van der Waals surface area contributed by atoms with E-state index >= 15 is 0 Å². The van der Waals surface area contributed by atoms with Gasteiger partial charge in [0.15, 0.2) is 0 Å². The van der Waals surface area contributed by atoms with Crippen LogP contribution in [0.15, 0.2) is 77.3 Å². The molecule has 0 aliphatic heterocycles. The predicted molar refractivity (Wildman–Crippen MR) is 104 cm³/mol. The molecule has 23 heavy (non-hydrogen) atoms. The summed E-state index contributed by atoms with van der Waals surface area (Å²) in [5.41, 5.74) is 2.48. The Hall–Kier alpha value is -2.10. The van der Waals surface area contributed by atoms with Crippen molar-refractivity contribution in [2.45, 2.75) is 0 Å². The van der Waals surface area contributed by atoms with Crippen molar-refractivity contribution in [1.29, 1.82) is 0 Å². The van der Waals surface area contributed by atoms with Crippen molar-refractivity contribution >= 4 is 58.5 Å². The van der Waals surface area contributed by atoms with Crippen LogP contribution in [0.1, 0.15) is 0 Å². The maximum Gasteiger partial charge on any atom is 0.109 e. The van der Waals surface area contributed by atoms with Gasteiger partial charge in [0.2, 0.25) is 0 Å². The lowest BCUT2D eigenvalue weighted by molar-refractivity contribution is 1.19. The van der Waals surface area contributed by atoms with Gasteiger partial charge in [-0.1, -0.05) is 48.5 Å². The number of rotatable bonds is 1. The zero-order chi connectivity index (χ0) is 15.4. The predicted octanol–water partition coefficient (Wildman–Crippen LogP) is 6.76. The van der Waals surface area contributed by atoms with Crippen molar-refractivity contribution in [3.8, 4) is 5.69 Å². The highest BCUT2D eigenvalue weighted by molar-refractivity contribution is 9.10. The Bertz CT molecular complexity index is 1170. The van der Waals surface area contributed by atoms with E-state index in [0.29, 0.717) is 0 Å². The van der Waals surface area contributed by atoms with Gasteiger partial charge in [-0.2, -0.15) is 0 Å². The normalized spacial score (nSPS) is 11.7. The monoisotopic (exact) mass is 377 g/mol. The largest absolute Gasteiger partial charge is 0.301 e. The highest BCUT2D eigenvalue weighted by Gasteiger charge is 2.17. The quantitative estimate of drug-likeness (QED) is 0.304. The molecule has 3 heteroatoms. The third-order valence-corrected chi connectivity index (χ3v) is 6.43. The summed E-state index contributed by atoms with van der Waals surface area (Å²) in [5, 5.41) is 3.99. The summed E-state index contributed by atoms with van der Waals surface area (Å²) in [7, 11) is 0. The van der Waals surface area contributed by atoms with E-state index in [4.69, 9.17) is 0 Å². The molecule has 0 unspecified atom stereocenters. The molecule has 0 spiro atoms. The molecule has 0 bridgehead atoms. The lowest BCUT2D eigenvalue weighted by Crippen LogP contribution is -1.91. The molecule has 0 N–H and O–H groups in total. The molecular weight excluding hydrogens is 366 g/mol. The number of fused-ring (bicyclic) bond motifs is 5. The number of benzene rings is 3. The SMILES string of the molecule is Brc1cccc2c1sc1c2c2ccccc2n1-c1ccccc1. The average Bonchev–Trinajstić information content (AvgIpc) is 3.11. The van der Waals surface area contributed by atoms with E-state index in [-0.39, 0.29) is 0 Å². The summed E-state index contributed by atoms with van der Waals surface area (Å²) in [6.07, 6.45) is 0. The summed E-state index contributed by atoms with van der Waals surface area (Å²) in [6, 6.07) is 25.7. The Labute approximate surface area is 145 Å². The van der Waals surface area contributed by atoms with Crippen LogP contribution in [0.5, 0.6) is 0 Å². The molecule has 0 amide bonds. The van der Waals surface area contributed by atoms with Gasteiger partial charge in [0.1, 0.15) is 4.83 Å². The van der Waals surface area contributed by atoms with E-state index in [1.807, 2.05) is 11.3 Å². The van der Waals surface area contributed by atoms with E-state index in [1.165, 1.54) is 41.4 Å². The van der Waals surface area contributed by atoms with Crippen LogP contribution < -0.4 is 0 Å². The van der Waals surface area contributed by atoms with Gasteiger partial charge in [0.25, 0.3) is 0 Å². The zero-order valence-electron chi connectivity index (χ0n) is 12.2. The van der Waals surface area contributed by atoms with E-state index in [2.05, 4.69) is 93.3 Å². The molecule has 0 fully saturated rings. The second-order valence-corrected chi connectivity index (χ2v) is 7.44. The van der Waals surface area contributed by atoms with E-state index in [0.717, 1.165) is 0 Å². The van der Waals surface area contributed by atoms with Gasteiger partial charge in [-0.15, -0.1) is 11.3 Å². The number of nitrogens with zero attached hydrogens (tertiary/aromatic N) is 1. The van der Waals surface area contributed by atoms with Crippen molar-refractivity contribution in [3.63, 3.8) is 0 Å². The van der Waals surface area contributed by atoms with Crippen molar-refractivity contribution in [1.82, 2.24) is 4.57 Å². The van der Waals surface area contributed by atoms with E-state index < -0.39 is 0 Å². The molecule has 0 saturated carbocycles. The van der Waals surface area contributed by atoms with Crippen molar-refractivity contribution in [2.24, 2.45) is 0 Å². The molecule has 0 radical (unpaired) electrons. The number of thiophene rings is 1. The van der Waals surface area contributed by atoms with Gasteiger partial charge in [-0.3, -0.25) is 0 Å². The number of aromatic nitrogens is 1. The molecule has 1 nitrogen and oxygen atoms in total. The van der Waals surface area contributed by atoms with Gasteiger partial charge in [0.05, 0.1) is 10.2 Å². The molecule has 5 aromatic rings. The molecule has 2 aromatic heterocycles. The summed E-state index contributed by atoms with van der Waals surface area (Å²) >= 11 is 5.56. The third-order valence-electron chi connectivity index (χ3n) is 4.28. The topological polar surface area (TPSA) is 4.93 Å². The fourth-order valence-corrected chi connectivity index (χ4v) is 5.18. The van der Waals surface area contributed by atoms with Crippen molar-refractivity contribution in [3.05, 3.63) is 77.3 Å². The number of para-hydroxylation sites is 2. The minimum Gasteiger partial charge on any atom is -0.301 e. The van der Waals surface area contributed by atoms with Crippen LogP contribution >= 0.6 is 27.3 Å². The zero-order valence-corrected chi connectivity index (χ0v) is 14.6. The van der Waals surface area contributed by atoms with E-state index in [9.17, 15) is 0 Å². The third kappa shape index (κ3) is 1.84. The van der Waals surface area contributed by atoms with Crippen LogP contribution in [0, 0.1) is 0 Å². The van der Waals surface area contributed by atoms with Crippen molar-refractivity contribution in [2.75, 3.05) is 0 Å². The summed E-state index contributed by atoms with van der Waals surface area (Å²) in [5.74, 6) is 0. The highest BCUT2D eigenvalue weighted by Crippen LogP contribution is 2.44. The van der Waals surface area contributed by atoms with Crippen LogP contribution in [0.3, 0.4) is 0 Å². The van der Waals surface area contributed by atoms with Gasteiger partial charge < -0.3 is 4.57 Å². The molecule has 2 heterocycles. The molecule has 5 rings (SSSR count). The van der Waals surface area contributed by atoms with Crippen LogP contribution in [-0.2, 0) is 0 Å². The Kier molecular flexibility index (Phi) is 2.87. The standard InChI is InChI=1S/C20H12BrNS/c21-16-11-6-10-15-18-14-9-4-5-12-17(14)22(20(18)23-19(15)16)13-7-2-1-3-8-13/h1-12H. The molecule has 0 atom stereocenters. The fourth-order valence-electron chi connectivity index (χ4n) is 3.31. The first-order chi connectivity index (χ1) is 11.3. The minimum absolute atomic E-state index is 1.17. The van der Waals surface area contributed by atoms with Gasteiger partial charge >= 0.3 is 0 Å². The summed E-state index contributed by atoms with van der Waals surface area (Å²) < 4.78 is 4.86. The molecule has 0 aliphatic rings. The Morgan fingerprint density at radius 3 is 2.35 bits per heavy atom. The first-order valence-corrected chi connectivity index (χ1v) is 9.11.